The van der Waals surface area contributed by atoms with Gasteiger partial charge in [0.1, 0.15) is 0 Å². The average Bonchev–Trinajstić information content (AvgIpc) is 2.53. The fourth-order valence-corrected chi connectivity index (χ4v) is 1.99. The van der Waals surface area contributed by atoms with Gasteiger partial charge in [-0.3, -0.25) is 10.1 Å². The molecule has 0 spiro atoms. The van der Waals surface area contributed by atoms with Gasteiger partial charge < -0.3 is 4.90 Å². The van der Waals surface area contributed by atoms with Crippen LogP contribution in [-0.4, -0.2) is 36.0 Å². The first kappa shape index (κ1) is 7.91. The third-order valence-electron chi connectivity index (χ3n) is 2.63. The van der Waals surface area contributed by atoms with Crippen molar-refractivity contribution in [3.05, 3.63) is 0 Å². The van der Waals surface area contributed by atoms with E-state index in [4.69, 9.17) is 0 Å². The molecule has 3 nitrogen and oxygen atoms in total. The van der Waals surface area contributed by atoms with Gasteiger partial charge in [0.25, 0.3) is 6.43 Å². The van der Waals surface area contributed by atoms with E-state index in [2.05, 4.69) is 5.32 Å². The number of nitrogens with one attached hydrogen (secondary N) is 1. The zero-order valence-corrected chi connectivity index (χ0v) is 6.52. The maximum atomic E-state index is 12.6. The molecule has 0 aromatic carbocycles. The molecule has 0 bridgehead atoms. The average molecular weight is 176 g/mol. The van der Waals surface area contributed by atoms with Crippen LogP contribution in [0.4, 0.5) is 8.78 Å². The second-order valence-electron chi connectivity index (χ2n) is 3.20. The van der Waals surface area contributed by atoms with E-state index < -0.39 is 12.1 Å². The highest BCUT2D eigenvalue weighted by Crippen LogP contribution is 2.35. The standard InChI is InChI=1S/C7H10F2N2O/c8-6(9)7-2-1-5(12)11(7)4-3-10-7/h6,10H,1-4H2. The topological polar surface area (TPSA) is 32.3 Å². The molecule has 0 aliphatic carbocycles. The molecule has 2 fully saturated rings. The van der Waals surface area contributed by atoms with Crippen molar-refractivity contribution in [2.24, 2.45) is 0 Å². The third kappa shape index (κ3) is 0.798. The molecular formula is C7H10F2N2O. The zero-order valence-electron chi connectivity index (χ0n) is 6.52. The monoisotopic (exact) mass is 176 g/mol. The van der Waals surface area contributed by atoms with Crippen LogP contribution in [-0.2, 0) is 4.79 Å². The van der Waals surface area contributed by atoms with Crippen LogP contribution >= 0.6 is 0 Å². The van der Waals surface area contributed by atoms with E-state index in [9.17, 15) is 13.6 Å². The molecule has 2 aliphatic heterocycles. The summed E-state index contributed by atoms with van der Waals surface area (Å²) in [6, 6.07) is 0. The highest BCUT2D eigenvalue weighted by Gasteiger charge is 2.54. The fraction of sp³-hybridized carbons (Fsp3) is 0.857. The van der Waals surface area contributed by atoms with Gasteiger partial charge >= 0.3 is 0 Å². The van der Waals surface area contributed by atoms with Gasteiger partial charge in [-0.15, -0.1) is 0 Å². The summed E-state index contributed by atoms with van der Waals surface area (Å²) in [6.45, 7) is 0.902. The molecule has 2 rings (SSSR count). The van der Waals surface area contributed by atoms with Gasteiger partial charge in [0.05, 0.1) is 0 Å². The number of rotatable bonds is 1. The van der Waals surface area contributed by atoms with Gasteiger partial charge in [0.15, 0.2) is 5.66 Å². The predicted octanol–water partition coefficient (Wildman–Crippen LogP) is 0.173. The summed E-state index contributed by atoms with van der Waals surface area (Å²) >= 11 is 0. The highest BCUT2D eigenvalue weighted by molar-refractivity contribution is 5.80. The van der Waals surface area contributed by atoms with E-state index in [0.717, 1.165) is 0 Å². The number of hydrogen-bond donors (Lipinski definition) is 1. The van der Waals surface area contributed by atoms with Crippen LogP contribution in [0.25, 0.3) is 0 Å². The molecule has 2 aliphatic rings. The first-order chi connectivity index (χ1) is 5.67. The van der Waals surface area contributed by atoms with Crippen molar-refractivity contribution in [2.75, 3.05) is 13.1 Å². The van der Waals surface area contributed by atoms with E-state index in [0.29, 0.717) is 13.1 Å². The Labute approximate surface area is 68.7 Å². The Morgan fingerprint density at radius 3 is 2.92 bits per heavy atom. The Morgan fingerprint density at radius 2 is 2.33 bits per heavy atom. The van der Waals surface area contributed by atoms with Gasteiger partial charge in [0.2, 0.25) is 5.91 Å². The van der Waals surface area contributed by atoms with Crippen LogP contribution in [0.3, 0.4) is 0 Å². The van der Waals surface area contributed by atoms with Crippen LogP contribution in [0.1, 0.15) is 12.8 Å². The minimum absolute atomic E-state index is 0.152. The maximum Gasteiger partial charge on any atom is 0.274 e. The minimum atomic E-state index is -2.48. The Kier molecular flexibility index (Phi) is 1.57. The van der Waals surface area contributed by atoms with Crippen molar-refractivity contribution in [3.8, 4) is 0 Å². The number of alkyl halides is 2. The Balaban J connectivity index is 2.28. The largest absolute Gasteiger partial charge is 0.318 e. The molecule has 68 valence electrons. The summed E-state index contributed by atoms with van der Waals surface area (Å²) in [5, 5.41) is 2.72. The van der Waals surface area contributed by atoms with Crippen LogP contribution < -0.4 is 5.32 Å². The Hall–Kier alpha value is -0.710. The number of amides is 1. The summed E-state index contributed by atoms with van der Waals surface area (Å²) in [5.74, 6) is -0.152. The summed E-state index contributed by atoms with van der Waals surface area (Å²) in [7, 11) is 0. The normalized spacial score (nSPS) is 34.9. The fourth-order valence-electron chi connectivity index (χ4n) is 1.99. The second-order valence-corrected chi connectivity index (χ2v) is 3.20. The van der Waals surface area contributed by atoms with Gasteiger partial charge in [-0.25, -0.2) is 8.78 Å². The molecule has 1 unspecified atom stereocenters. The molecule has 1 amide bonds. The molecule has 0 radical (unpaired) electrons. The Bertz CT molecular complexity index is 221. The number of hydrogen-bond acceptors (Lipinski definition) is 2. The number of halogens is 2. The zero-order chi connectivity index (χ0) is 8.77. The van der Waals surface area contributed by atoms with Crippen molar-refractivity contribution in [2.45, 2.75) is 24.9 Å². The number of nitrogens with zero attached hydrogens (tertiary/aromatic N) is 1. The molecule has 5 heteroatoms. The quantitative estimate of drug-likeness (QED) is 0.617. The van der Waals surface area contributed by atoms with E-state index in [1.165, 1.54) is 4.90 Å². The summed E-state index contributed by atoms with van der Waals surface area (Å²) in [4.78, 5) is 12.4. The van der Waals surface area contributed by atoms with Crippen molar-refractivity contribution in [1.29, 1.82) is 0 Å². The number of carbonyl (C=O) groups is 1. The summed E-state index contributed by atoms with van der Waals surface area (Å²) in [5.41, 5.74) is -1.32. The van der Waals surface area contributed by atoms with Crippen LogP contribution in [0, 0.1) is 0 Å². The molecule has 0 aromatic rings. The number of carbonyl (C=O) groups excluding carboxylic acids is 1. The van der Waals surface area contributed by atoms with Crippen molar-refractivity contribution in [3.63, 3.8) is 0 Å². The van der Waals surface area contributed by atoms with E-state index in [1.807, 2.05) is 0 Å². The smallest absolute Gasteiger partial charge is 0.274 e. The SMILES string of the molecule is O=C1CCC2(C(F)F)NCCN12. The molecular weight excluding hydrogens is 166 g/mol. The van der Waals surface area contributed by atoms with E-state index in [1.54, 1.807) is 0 Å². The molecule has 2 heterocycles. The van der Waals surface area contributed by atoms with E-state index in [-0.39, 0.29) is 18.7 Å². The van der Waals surface area contributed by atoms with Crippen molar-refractivity contribution >= 4 is 5.91 Å². The van der Waals surface area contributed by atoms with E-state index >= 15 is 0 Å². The molecule has 1 atom stereocenters. The minimum Gasteiger partial charge on any atom is -0.318 e. The van der Waals surface area contributed by atoms with Crippen molar-refractivity contribution in [1.82, 2.24) is 10.2 Å². The van der Waals surface area contributed by atoms with Gasteiger partial charge in [-0.1, -0.05) is 0 Å². The van der Waals surface area contributed by atoms with Crippen LogP contribution in [0.2, 0.25) is 0 Å². The van der Waals surface area contributed by atoms with Gasteiger partial charge in [-0.05, 0) is 6.42 Å². The molecule has 0 aromatic heterocycles. The van der Waals surface area contributed by atoms with Gasteiger partial charge in [0, 0.05) is 19.5 Å². The third-order valence-corrected chi connectivity index (χ3v) is 2.63. The predicted molar refractivity (Wildman–Crippen MR) is 37.7 cm³/mol. The molecule has 1 N–H and O–H groups in total. The second kappa shape index (κ2) is 2.39. The van der Waals surface area contributed by atoms with Crippen LogP contribution in [0.15, 0.2) is 0 Å². The van der Waals surface area contributed by atoms with Crippen molar-refractivity contribution < 1.29 is 13.6 Å². The van der Waals surface area contributed by atoms with Gasteiger partial charge in [-0.2, -0.15) is 0 Å². The summed E-state index contributed by atoms with van der Waals surface area (Å²) < 4.78 is 25.2. The first-order valence-electron chi connectivity index (χ1n) is 4.00. The lowest BCUT2D eigenvalue weighted by Crippen LogP contribution is -2.54. The molecule has 0 saturated carbocycles. The lowest BCUT2D eigenvalue weighted by Gasteiger charge is -2.30. The van der Waals surface area contributed by atoms with Crippen LogP contribution in [0.5, 0.6) is 0 Å². The number of fused-ring (bicyclic) bond motifs is 1. The highest BCUT2D eigenvalue weighted by atomic mass is 19.3. The first-order valence-corrected chi connectivity index (χ1v) is 4.00. The maximum absolute atomic E-state index is 12.6. The molecule has 2 saturated heterocycles. The lowest BCUT2D eigenvalue weighted by molar-refractivity contribution is -0.134. The lowest BCUT2D eigenvalue weighted by atomic mass is 10.1. The molecule has 12 heavy (non-hydrogen) atoms. The summed E-state index contributed by atoms with van der Waals surface area (Å²) in [6.07, 6.45) is -1.99. The Morgan fingerprint density at radius 1 is 1.58 bits per heavy atom.